The number of allylic oxidation sites excluding steroid dienone is 2. The maximum atomic E-state index is 12.3. The molecule has 0 spiro atoms. The van der Waals surface area contributed by atoms with Gasteiger partial charge in [0.2, 0.25) is 0 Å². The van der Waals surface area contributed by atoms with Crippen molar-refractivity contribution in [2.24, 2.45) is 0 Å². The van der Waals surface area contributed by atoms with E-state index in [2.05, 4.69) is 0 Å². The Balaban J connectivity index is 1.97. The molecule has 1 aliphatic carbocycles. The van der Waals surface area contributed by atoms with Crippen LogP contribution in [0.5, 0.6) is 5.75 Å². The molecule has 0 radical (unpaired) electrons. The van der Waals surface area contributed by atoms with Crippen LogP contribution in [0.2, 0.25) is 0 Å². The third-order valence-electron chi connectivity index (χ3n) is 4.01. The van der Waals surface area contributed by atoms with Gasteiger partial charge in [0.25, 0.3) is 0 Å². The van der Waals surface area contributed by atoms with Crippen molar-refractivity contribution in [1.29, 1.82) is 0 Å². The Morgan fingerprint density at radius 1 is 0.870 bits per heavy atom. The zero-order valence-electron chi connectivity index (χ0n) is 12.3. The third kappa shape index (κ3) is 1.99. The molecule has 0 atom stereocenters. The quantitative estimate of drug-likeness (QED) is 0.799. The largest absolute Gasteiger partial charge is 0.497 e. The summed E-state index contributed by atoms with van der Waals surface area (Å²) in [7, 11) is 1.59. The number of fused-ring (bicyclic) bond motifs is 3. The number of hydrogen-bond donors (Lipinski definition) is 0. The maximum Gasteiger partial charge on any atom is 0.344 e. The number of rotatable bonds is 2. The predicted octanol–water partition coefficient (Wildman–Crippen LogP) is 3.24. The zero-order chi connectivity index (χ0) is 16.0. The van der Waals surface area contributed by atoms with Crippen molar-refractivity contribution in [3.63, 3.8) is 0 Å². The van der Waals surface area contributed by atoms with Crippen LogP contribution in [-0.4, -0.2) is 18.9 Å². The lowest BCUT2D eigenvalue weighted by atomic mass is 9.87. The van der Waals surface area contributed by atoms with Crippen molar-refractivity contribution in [2.45, 2.75) is 0 Å². The highest BCUT2D eigenvalue weighted by Crippen LogP contribution is 2.43. The van der Waals surface area contributed by atoms with Crippen molar-refractivity contribution < 1.29 is 19.1 Å². The van der Waals surface area contributed by atoms with Crippen molar-refractivity contribution >= 4 is 22.9 Å². The van der Waals surface area contributed by atoms with E-state index in [-0.39, 0.29) is 5.78 Å². The summed E-state index contributed by atoms with van der Waals surface area (Å²) in [5.74, 6) is 0.439. The highest BCUT2D eigenvalue weighted by atomic mass is 16.5. The Morgan fingerprint density at radius 3 is 2.26 bits per heavy atom. The van der Waals surface area contributed by atoms with E-state index in [4.69, 9.17) is 9.47 Å². The van der Waals surface area contributed by atoms with Gasteiger partial charge >= 0.3 is 5.97 Å². The van der Waals surface area contributed by atoms with E-state index in [0.717, 1.165) is 11.1 Å². The fraction of sp³-hybridized carbons (Fsp3) is 0.0526. The molecule has 1 aliphatic heterocycles. The van der Waals surface area contributed by atoms with Crippen molar-refractivity contribution in [3.8, 4) is 5.75 Å². The molecule has 4 nitrogen and oxygen atoms in total. The Kier molecular flexibility index (Phi) is 2.91. The Hall–Kier alpha value is -3.14. The van der Waals surface area contributed by atoms with Gasteiger partial charge in [0.05, 0.1) is 12.7 Å². The molecule has 0 saturated carbocycles. The van der Waals surface area contributed by atoms with Crippen LogP contribution < -0.4 is 4.74 Å². The third-order valence-corrected chi connectivity index (χ3v) is 4.01. The molecule has 0 N–H and O–H groups in total. The van der Waals surface area contributed by atoms with Crippen LogP contribution in [0.15, 0.2) is 60.4 Å². The van der Waals surface area contributed by atoms with Gasteiger partial charge in [-0.25, -0.2) is 4.79 Å². The highest BCUT2D eigenvalue weighted by Gasteiger charge is 2.36. The average molecular weight is 304 g/mol. The van der Waals surface area contributed by atoms with E-state index in [1.165, 1.54) is 6.08 Å². The van der Waals surface area contributed by atoms with Crippen molar-refractivity contribution in [3.05, 3.63) is 77.1 Å². The molecule has 2 aliphatic rings. The fourth-order valence-corrected chi connectivity index (χ4v) is 2.93. The minimum Gasteiger partial charge on any atom is -0.497 e. The molecule has 0 amide bonds. The number of methoxy groups -OCH3 is 1. The summed E-state index contributed by atoms with van der Waals surface area (Å²) in [5, 5.41) is 0. The van der Waals surface area contributed by atoms with E-state index in [0.29, 0.717) is 28.2 Å². The standard InChI is InChI=1S/C19H12O4/c1-22-12-8-6-11(7-9-12)17-18-14-5-3-2-4-13(14)15(20)10-16(18)23-19(17)21/h2-10H,1H3. The van der Waals surface area contributed by atoms with Crippen LogP contribution in [0.3, 0.4) is 0 Å². The van der Waals surface area contributed by atoms with Gasteiger partial charge in [-0.15, -0.1) is 0 Å². The Labute approximate surface area is 132 Å². The van der Waals surface area contributed by atoms with Crippen LogP contribution in [0.25, 0.3) is 11.1 Å². The zero-order valence-corrected chi connectivity index (χ0v) is 12.3. The minimum atomic E-state index is -0.444. The molecule has 1 heterocycles. The normalized spacial score (nSPS) is 15.8. The van der Waals surface area contributed by atoms with Gasteiger partial charge in [0.1, 0.15) is 11.5 Å². The number of carbonyl (C=O) groups is 2. The first-order chi connectivity index (χ1) is 11.2. The number of carbonyl (C=O) groups excluding carboxylic acids is 2. The first-order valence-corrected chi connectivity index (χ1v) is 7.15. The van der Waals surface area contributed by atoms with Crippen LogP contribution in [0.4, 0.5) is 0 Å². The summed E-state index contributed by atoms with van der Waals surface area (Å²) in [6, 6.07) is 14.4. The number of hydrogen-bond acceptors (Lipinski definition) is 4. The molecule has 112 valence electrons. The molecule has 0 unspecified atom stereocenters. The average Bonchev–Trinajstić information content (AvgIpc) is 2.91. The van der Waals surface area contributed by atoms with Crippen molar-refractivity contribution in [2.75, 3.05) is 7.11 Å². The molecular weight excluding hydrogens is 292 g/mol. The fourth-order valence-electron chi connectivity index (χ4n) is 2.93. The molecule has 4 rings (SSSR count). The molecule has 0 fully saturated rings. The lowest BCUT2D eigenvalue weighted by Crippen LogP contribution is -2.08. The molecule has 0 bridgehead atoms. The summed E-state index contributed by atoms with van der Waals surface area (Å²) in [5.41, 5.74) is 3.19. The van der Waals surface area contributed by atoms with Crippen LogP contribution in [0, 0.1) is 0 Å². The summed E-state index contributed by atoms with van der Waals surface area (Å²) >= 11 is 0. The number of esters is 1. The van der Waals surface area contributed by atoms with Crippen molar-refractivity contribution in [1.82, 2.24) is 0 Å². The second-order valence-corrected chi connectivity index (χ2v) is 5.29. The van der Waals surface area contributed by atoms with Gasteiger partial charge in [-0.1, -0.05) is 36.4 Å². The number of ether oxygens (including phenoxy) is 2. The lowest BCUT2D eigenvalue weighted by molar-refractivity contribution is -0.131. The first-order valence-electron chi connectivity index (χ1n) is 7.15. The van der Waals surface area contributed by atoms with E-state index >= 15 is 0 Å². The van der Waals surface area contributed by atoms with Gasteiger partial charge in [-0.2, -0.15) is 0 Å². The molecule has 2 aromatic rings. The highest BCUT2D eigenvalue weighted by molar-refractivity contribution is 6.33. The summed E-state index contributed by atoms with van der Waals surface area (Å²) < 4.78 is 10.5. The predicted molar refractivity (Wildman–Crippen MR) is 84.8 cm³/mol. The minimum absolute atomic E-state index is 0.150. The summed E-state index contributed by atoms with van der Waals surface area (Å²) in [6.07, 6.45) is 1.38. The maximum absolute atomic E-state index is 12.3. The van der Waals surface area contributed by atoms with Gasteiger partial charge < -0.3 is 9.47 Å². The van der Waals surface area contributed by atoms with E-state index in [9.17, 15) is 9.59 Å². The van der Waals surface area contributed by atoms with E-state index < -0.39 is 5.97 Å². The van der Waals surface area contributed by atoms with Gasteiger partial charge in [0.15, 0.2) is 5.78 Å². The van der Waals surface area contributed by atoms with E-state index in [1.807, 2.05) is 24.3 Å². The van der Waals surface area contributed by atoms with Gasteiger partial charge in [0, 0.05) is 17.2 Å². The molecule has 4 heteroatoms. The molecule has 2 aromatic carbocycles. The number of benzene rings is 2. The van der Waals surface area contributed by atoms with Gasteiger partial charge in [-0.3, -0.25) is 4.79 Å². The molecular formula is C19H12O4. The molecule has 23 heavy (non-hydrogen) atoms. The molecule has 0 aromatic heterocycles. The summed E-state index contributed by atoms with van der Waals surface area (Å²) in [6.45, 7) is 0. The topological polar surface area (TPSA) is 52.6 Å². The monoisotopic (exact) mass is 304 g/mol. The lowest BCUT2D eigenvalue weighted by Gasteiger charge is -2.14. The number of ketones is 1. The van der Waals surface area contributed by atoms with Crippen LogP contribution in [0.1, 0.15) is 21.5 Å². The van der Waals surface area contributed by atoms with Crippen LogP contribution >= 0.6 is 0 Å². The SMILES string of the molecule is COc1ccc(C2=C3C(=CC(=O)c4ccccc43)OC2=O)cc1. The van der Waals surface area contributed by atoms with Gasteiger partial charge in [-0.05, 0) is 23.3 Å². The first kappa shape index (κ1) is 13.5. The van der Waals surface area contributed by atoms with Crippen LogP contribution in [-0.2, 0) is 9.53 Å². The second kappa shape index (κ2) is 4.95. The Bertz CT molecular complexity index is 901. The molecule has 0 saturated heterocycles. The second-order valence-electron chi connectivity index (χ2n) is 5.29. The Morgan fingerprint density at radius 2 is 1.57 bits per heavy atom. The van der Waals surface area contributed by atoms with E-state index in [1.54, 1.807) is 31.4 Å². The smallest absolute Gasteiger partial charge is 0.344 e. The summed E-state index contributed by atoms with van der Waals surface area (Å²) in [4.78, 5) is 24.5.